The van der Waals surface area contributed by atoms with Gasteiger partial charge < -0.3 is 10.4 Å². The van der Waals surface area contributed by atoms with E-state index in [-0.39, 0.29) is 11.5 Å². The van der Waals surface area contributed by atoms with Crippen LogP contribution in [0.4, 0.5) is 0 Å². The maximum atomic E-state index is 10.1. The Morgan fingerprint density at radius 3 is 2.31 bits per heavy atom. The maximum absolute atomic E-state index is 10.1. The summed E-state index contributed by atoms with van der Waals surface area (Å²) in [6.45, 7) is 3.82. The highest BCUT2D eigenvalue weighted by Gasteiger charge is 2.38. The zero-order chi connectivity index (χ0) is 11.6. The van der Waals surface area contributed by atoms with Gasteiger partial charge in [0.1, 0.15) is 0 Å². The lowest BCUT2D eigenvalue weighted by atomic mass is 9.69. The molecule has 0 amide bonds. The third-order valence-corrected chi connectivity index (χ3v) is 3.97. The summed E-state index contributed by atoms with van der Waals surface area (Å²) in [5.74, 6) is 0. The zero-order valence-corrected chi connectivity index (χ0v) is 10.3. The summed E-state index contributed by atoms with van der Waals surface area (Å²) < 4.78 is 0. The number of hydrogen-bond donors (Lipinski definition) is 2. The summed E-state index contributed by atoms with van der Waals surface area (Å²) in [4.78, 5) is 0. The molecule has 0 aromatic heterocycles. The first-order valence-electron chi connectivity index (χ1n) is 5.80. The van der Waals surface area contributed by atoms with E-state index in [0.29, 0.717) is 0 Å². The standard InChI is InChI=1S/C13H18ClNO/c1-10(16)13(6-8-15-9-7-13)11-2-4-12(14)5-3-11/h2-5,10,15-16H,6-9H2,1H3. The fourth-order valence-corrected chi connectivity index (χ4v) is 2.73. The molecule has 3 heteroatoms. The number of aliphatic hydroxyl groups excluding tert-OH is 1. The summed E-state index contributed by atoms with van der Waals surface area (Å²) in [6.07, 6.45) is 1.63. The van der Waals surface area contributed by atoms with Crippen LogP contribution in [0.1, 0.15) is 25.3 Å². The minimum absolute atomic E-state index is 0.101. The molecule has 1 saturated heterocycles. The van der Waals surface area contributed by atoms with Crippen LogP contribution in [0.25, 0.3) is 0 Å². The van der Waals surface area contributed by atoms with Crippen molar-refractivity contribution in [1.29, 1.82) is 0 Å². The molecule has 1 atom stereocenters. The average molecular weight is 240 g/mol. The molecule has 0 spiro atoms. The van der Waals surface area contributed by atoms with Crippen molar-refractivity contribution in [2.45, 2.75) is 31.3 Å². The summed E-state index contributed by atoms with van der Waals surface area (Å²) in [5, 5.41) is 14.2. The second-order valence-electron chi connectivity index (χ2n) is 4.59. The van der Waals surface area contributed by atoms with Crippen molar-refractivity contribution in [3.05, 3.63) is 34.9 Å². The second-order valence-corrected chi connectivity index (χ2v) is 5.03. The summed E-state index contributed by atoms with van der Waals surface area (Å²) >= 11 is 5.90. The Morgan fingerprint density at radius 2 is 1.81 bits per heavy atom. The van der Waals surface area contributed by atoms with Gasteiger partial charge in [0.05, 0.1) is 6.10 Å². The average Bonchev–Trinajstić information content (AvgIpc) is 2.30. The van der Waals surface area contributed by atoms with Crippen LogP contribution in [0, 0.1) is 0 Å². The Labute approximate surface area is 102 Å². The zero-order valence-electron chi connectivity index (χ0n) is 9.54. The van der Waals surface area contributed by atoms with Crippen LogP contribution in [-0.2, 0) is 5.41 Å². The van der Waals surface area contributed by atoms with Crippen molar-refractivity contribution < 1.29 is 5.11 Å². The van der Waals surface area contributed by atoms with E-state index in [1.807, 2.05) is 31.2 Å². The van der Waals surface area contributed by atoms with Crippen LogP contribution in [0.5, 0.6) is 0 Å². The lowest BCUT2D eigenvalue weighted by Gasteiger charge is -2.40. The van der Waals surface area contributed by atoms with Gasteiger partial charge in [-0.05, 0) is 50.6 Å². The molecule has 16 heavy (non-hydrogen) atoms. The Morgan fingerprint density at radius 1 is 1.25 bits per heavy atom. The van der Waals surface area contributed by atoms with Crippen molar-refractivity contribution in [3.8, 4) is 0 Å². The van der Waals surface area contributed by atoms with Gasteiger partial charge in [-0.2, -0.15) is 0 Å². The van der Waals surface area contributed by atoms with Gasteiger partial charge in [-0.25, -0.2) is 0 Å². The Bertz CT molecular complexity index is 341. The van der Waals surface area contributed by atoms with Gasteiger partial charge in [0.15, 0.2) is 0 Å². The molecule has 0 bridgehead atoms. The molecule has 0 aliphatic carbocycles. The van der Waals surface area contributed by atoms with E-state index in [2.05, 4.69) is 5.32 Å². The largest absolute Gasteiger partial charge is 0.392 e. The molecule has 1 heterocycles. The number of rotatable bonds is 2. The highest BCUT2D eigenvalue weighted by Crippen LogP contribution is 2.37. The van der Waals surface area contributed by atoms with Crippen LogP contribution in [0.2, 0.25) is 5.02 Å². The topological polar surface area (TPSA) is 32.3 Å². The summed E-state index contributed by atoms with van der Waals surface area (Å²) in [5.41, 5.74) is 1.10. The molecule has 1 aromatic rings. The third-order valence-electron chi connectivity index (χ3n) is 3.71. The number of aliphatic hydroxyl groups is 1. The molecule has 2 rings (SSSR count). The fourth-order valence-electron chi connectivity index (χ4n) is 2.60. The van der Waals surface area contributed by atoms with Gasteiger partial charge in [-0.3, -0.25) is 0 Å². The fraction of sp³-hybridized carbons (Fsp3) is 0.538. The molecule has 2 nitrogen and oxygen atoms in total. The van der Waals surface area contributed by atoms with Crippen LogP contribution >= 0.6 is 11.6 Å². The molecule has 2 N–H and O–H groups in total. The summed E-state index contributed by atoms with van der Waals surface area (Å²) in [7, 11) is 0. The third kappa shape index (κ3) is 2.10. The van der Waals surface area contributed by atoms with Crippen LogP contribution in [-0.4, -0.2) is 24.3 Å². The SMILES string of the molecule is CC(O)C1(c2ccc(Cl)cc2)CCNCC1. The van der Waals surface area contributed by atoms with Gasteiger partial charge in [-0.15, -0.1) is 0 Å². The first kappa shape index (κ1) is 11.9. The predicted octanol–water partition coefficient (Wildman–Crippen LogP) is 2.34. The molecule has 1 unspecified atom stereocenters. The van der Waals surface area contributed by atoms with Gasteiger partial charge in [0.2, 0.25) is 0 Å². The van der Waals surface area contributed by atoms with Crippen molar-refractivity contribution in [2.24, 2.45) is 0 Å². The quantitative estimate of drug-likeness (QED) is 0.831. The molecule has 1 aliphatic rings. The number of nitrogens with one attached hydrogen (secondary N) is 1. The van der Waals surface area contributed by atoms with Crippen molar-refractivity contribution in [3.63, 3.8) is 0 Å². The van der Waals surface area contributed by atoms with E-state index in [4.69, 9.17) is 11.6 Å². The normalized spacial score (nSPS) is 21.7. The van der Waals surface area contributed by atoms with E-state index < -0.39 is 0 Å². The molecular formula is C13H18ClNO. The first-order valence-corrected chi connectivity index (χ1v) is 6.18. The number of benzene rings is 1. The van der Waals surface area contributed by atoms with Gasteiger partial charge in [-0.1, -0.05) is 23.7 Å². The van der Waals surface area contributed by atoms with E-state index in [0.717, 1.165) is 31.0 Å². The number of halogens is 1. The van der Waals surface area contributed by atoms with Crippen molar-refractivity contribution >= 4 is 11.6 Å². The maximum Gasteiger partial charge on any atom is 0.0609 e. The molecule has 1 fully saturated rings. The molecule has 88 valence electrons. The molecular weight excluding hydrogens is 222 g/mol. The summed E-state index contributed by atoms with van der Waals surface area (Å²) in [6, 6.07) is 7.90. The Kier molecular flexibility index (Phi) is 3.53. The highest BCUT2D eigenvalue weighted by atomic mass is 35.5. The van der Waals surface area contributed by atoms with Crippen LogP contribution < -0.4 is 5.32 Å². The minimum Gasteiger partial charge on any atom is -0.392 e. The Hall–Kier alpha value is -0.570. The van der Waals surface area contributed by atoms with E-state index >= 15 is 0 Å². The monoisotopic (exact) mass is 239 g/mol. The number of piperidine rings is 1. The lowest BCUT2D eigenvalue weighted by Crippen LogP contribution is -2.46. The Balaban J connectivity index is 2.34. The number of hydrogen-bond acceptors (Lipinski definition) is 2. The second kappa shape index (κ2) is 4.74. The lowest BCUT2D eigenvalue weighted by molar-refractivity contribution is 0.0732. The first-order chi connectivity index (χ1) is 7.65. The van der Waals surface area contributed by atoms with Crippen molar-refractivity contribution in [1.82, 2.24) is 5.32 Å². The van der Waals surface area contributed by atoms with E-state index in [9.17, 15) is 5.11 Å². The molecule has 0 saturated carbocycles. The van der Waals surface area contributed by atoms with Crippen LogP contribution in [0.3, 0.4) is 0 Å². The van der Waals surface area contributed by atoms with E-state index in [1.165, 1.54) is 5.56 Å². The molecule has 1 aliphatic heterocycles. The van der Waals surface area contributed by atoms with Gasteiger partial charge >= 0.3 is 0 Å². The van der Waals surface area contributed by atoms with E-state index in [1.54, 1.807) is 0 Å². The van der Waals surface area contributed by atoms with Gasteiger partial charge in [0, 0.05) is 10.4 Å². The predicted molar refractivity (Wildman–Crippen MR) is 66.9 cm³/mol. The molecule has 0 radical (unpaired) electrons. The molecule has 1 aromatic carbocycles. The van der Waals surface area contributed by atoms with Gasteiger partial charge in [0.25, 0.3) is 0 Å². The van der Waals surface area contributed by atoms with Crippen LogP contribution in [0.15, 0.2) is 24.3 Å². The highest BCUT2D eigenvalue weighted by molar-refractivity contribution is 6.30. The van der Waals surface area contributed by atoms with Crippen molar-refractivity contribution in [2.75, 3.05) is 13.1 Å². The minimum atomic E-state index is -0.323. The smallest absolute Gasteiger partial charge is 0.0609 e.